The topological polar surface area (TPSA) is 81.3 Å². The summed E-state index contributed by atoms with van der Waals surface area (Å²) < 4.78 is 10.8. The lowest BCUT2D eigenvalue weighted by molar-refractivity contribution is -0.147. The predicted octanol–water partition coefficient (Wildman–Crippen LogP) is 3.75. The second-order valence-corrected chi connectivity index (χ2v) is 8.09. The van der Waals surface area contributed by atoms with E-state index in [1.165, 1.54) is 4.88 Å². The third kappa shape index (κ3) is 3.49. The molecule has 0 amide bonds. The second-order valence-electron chi connectivity index (χ2n) is 7.01. The van der Waals surface area contributed by atoms with E-state index in [1.54, 1.807) is 11.3 Å². The molecule has 6 nitrogen and oxygen atoms in total. The van der Waals surface area contributed by atoms with Crippen LogP contribution in [0, 0.1) is 0 Å². The minimum Gasteiger partial charge on any atom is -0.482 e. The van der Waals surface area contributed by atoms with E-state index in [0.29, 0.717) is 17.0 Å². The summed E-state index contributed by atoms with van der Waals surface area (Å²) in [5.74, 6) is 0.428. The van der Waals surface area contributed by atoms with E-state index in [9.17, 15) is 9.59 Å². The second kappa shape index (κ2) is 7.33. The van der Waals surface area contributed by atoms with Gasteiger partial charge in [-0.05, 0) is 47.7 Å². The van der Waals surface area contributed by atoms with Gasteiger partial charge in [0.25, 0.3) is 5.56 Å². The number of thiophene rings is 1. The first-order chi connectivity index (χ1) is 14.2. The van der Waals surface area contributed by atoms with Crippen LogP contribution < -0.4 is 10.3 Å². The molecule has 2 aromatic heterocycles. The monoisotopic (exact) mass is 406 g/mol. The van der Waals surface area contributed by atoms with Crippen LogP contribution in [0.1, 0.15) is 22.7 Å². The lowest BCUT2D eigenvalue weighted by atomic mass is 10.1. The maximum absolute atomic E-state index is 12.4. The number of aromatic nitrogens is 2. The number of nitrogens with zero attached hydrogens (tertiary/aromatic N) is 1. The van der Waals surface area contributed by atoms with Crippen LogP contribution in [0.2, 0.25) is 0 Å². The van der Waals surface area contributed by atoms with E-state index >= 15 is 0 Å². The number of ether oxygens (including phenoxy) is 2. The van der Waals surface area contributed by atoms with Gasteiger partial charge in [0.05, 0.1) is 5.39 Å². The Hall–Kier alpha value is -3.19. The Bertz CT molecular complexity index is 1290. The number of aryl methyl sites for hydroxylation is 2. The summed E-state index contributed by atoms with van der Waals surface area (Å²) in [7, 11) is 0. The van der Waals surface area contributed by atoms with Crippen LogP contribution in [-0.4, -0.2) is 22.5 Å². The summed E-state index contributed by atoms with van der Waals surface area (Å²) in [6, 6.07) is 13.6. The SMILES string of the molecule is O=C(COc1ccc2ccccc2c1)OCc1nc2sc3c(c2c(=O)[nH]1)CCC3. The van der Waals surface area contributed by atoms with Crippen molar-refractivity contribution in [3.63, 3.8) is 0 Å². The molecule has 1 aliphatic carbocycles. The van der Waals surface area contributed by atoms with Crippen LogP contribution in [0.5, 0.6) is 5.75 Å². The highest BCUT2D eigenvalue weighted by atomic mass is 32.1. The van der Waals surface area contributed by atoms with E-state index in [1.807, 2.05) is 42.5 Å². The van der Waals surface area contributed by atoms with Crippen molar-refractivity contribution in [3.05, 3.63) is 69.1 Å². The Morgan fingerprint density at radius 1 is 1.14 bits per heavy atom. The molecule has 0 aliphatic heterocycles. The molecular weight excluding hydrogens is 388 g/mol. The zero-order valence-electron chi connectivity index (χ0n) is 15.6. The molecule has 0 fully saturated rings. The highest BCUT2D eigenvalue weighted by Crippen LogP contribution is 2.34. The number of hydrogen-bond donors (Lipinski definition) is 1. The van der Waals surface area contributed by atoms with E-state index in [2.05, 4.69) is 9.97 Å². The molecule has 0 radical (unpaired) electrons. The highest BCUT2D eigenvalue weighted by Gasteiger charge is 2.21. The number of aromatic amines is 1. The maximum Gasteiger partial charge on any atom is 0.344 e. The summed E-state index contributed by atoms with van der Waals surface area (Å²) >= 11 is 1.56. The molecule has 1 aliphatic rings. The van der Waals surface area contributed by atoms with Gasteiger partial charge in [0.1, 0.15) is 23.0 Å². The fourth-order valence-electron chi connectivity index (χ4n) is 3.71. The molecule has 0 atom stereocenters. The van der Waals surface area contributed by atoms with Gasteiger partial charge in [0, 0.05) is 4.88 Å². The predicted molar refractivity (Wildman–Crippen MR) is 112 cm³/mol. The smallest absolute Gasteiger partial charge is 0.344 e. The number of fused-ring (bicyclic) bond motifs is 4. The Balaban J connectivity index is 1.23. The summed E-state index contributed by atoms with van der Waals surface area (Å²) in [6.45, 7) is -0.300. The summed E-state index contributed by atoms with van der Waals surface area (Å²) in [6.07, 6.45) is 3.03. The number of benzene rings is 2. The van der Waals surface area contributed by atoms with Crippen molar-refractivity contribution in [2.24, 2.45) is 0 Å². The van der Waals surface area contributed by atoms with Crippen molar-refractivity contribution in [2.75, 3.05) is 6.61 Å². The molecular formula is C22H18N2O4S. The van der Waals surface area contributed by atoms with Crippen LogP contribution in [0.3, 0.4) is 0 Å². The number of hydrogen-bond acceptors (Lipinski definition) is 6. The van der Waals surface area contributed by atoms with Gasteiger partial charge in [0.15, 0.2) is 6.61 Å². The highest BCUT2D eigenvalue weighted by molar-refractivity contribution is 7.18. The third-order valence-corrected chi connectivity index (χ3v) is 6.26. The molecule has 0 saturated carbocycles. The van der Waals surface area contributed by atoms with E-state index in [4.69, 9.17) is 9.47 Å². The summed E-state index contributed by atoms with van der Waals surface area (Å²) in [4.78, 5) is 33.7. The van der Waals surface area contributed by atoms with Crippen LogP contribution in [0.15, 0.2) is 47.3 Å². The van der Waals surface area contributed by atoms with Crippen LogP contribution >= 0.6 is 11.3 Å². The third-order valence-electron chi connectivity index (χ3n) is 5.07. The Morgan fingerprint density at radius 2 is 2.00 bits per heavy atom. The summed E-state index contributed by atoms with van der Waals surface area (Å²) in [5, 5.41) is 2.83. The van der Waals surface area contributed by atoms with E-state index in [0.717, 1.165) is 40.4 Å². The van der Waals surface area contributed by atoms with Crippen molar-refractivity contribution in [3.8, 4) is 5.75 Å². The van der Waals surface area contributed by atoms with Crippen molar-refractivity contribution in [2.45, 2.75) is 25.9 Å². The van der Waals surface area contributed by atoms with Gasteiger partial charge in [-0.2, -0.15) is 0 Å². The lowest BCUT2D eigenvalue weighted by Gasteiger charge is -2.08. The number of H-pyrrole nitrogens is 1. The van der Waals surface area contributed by atoms with Gasteiger partial charge in [-0.15, -0.1) is 11.3 Å². The molecule has 0 bridgehead atoms. The molecule has 0 saturated heterocycles. The zero-order chi connectivity index (χ0) is 19.8. The minimum atomic E-state index is -0.519. The van der Waals surface area contributed by atoms with Gasteiger partial charge in [0.2, 0.25) is 0 Å². The van der Waals surface area contributed by atoms with Crippen molar-refractivity contribution in [1.82, 2.24) is 9.97 Å². The quantitative estimate of drug-likeness (QED) is 0.511. The van der Waals surface area contributed by atoms with Crippen LogP contribution in [-0.2, 0) is 29.0 Å². The normalized spacial score (nSPS) is 13.0. The number of esters is 1. The standard InChI is InChI=1S/C22H18N2O4S/c25-19(12-27-15-9-8-13-4-1-2-5-14(13)10-15)28-11-18-23-21(26)20-16-6-3-7-17(16)29-22(20)24-18/h1-2,4-5,8-10H,3,6-7,11-12H2,(H,23,24,26). The lowest BCUT2D eigenvalue weighted by Crippen LogP contribution is -2.18. The zero-order valence-corrected chi connectivity index (χ0v) is 16.4. The van der Waals surface area contributed by atoms with Crippen LogP contribution in [0.25, 0.3) is 21.0 Å². The Kier molecular flexibility index (Phi) is 4.52. The summed E-state index contributed by atoms with van der Waals surface area (Å²) in [5.41, 5.74) is 0.971. The first-order valence-corrected chi connectivity index (χ1v) is 10.3. The molecule has 146 valence electrons. The fraction of sp³-hybridized carbons (Fsp3) is 0.227. The Morgan fingerprint density at radius 3 is 2.90 bits per heavy atom. The largest absolute Gasteiger partial charge is 0.482 e. The van der Waals surface area contributed by atoms with E-state index in [-0.39, 0.29) is 18.8 Å². The molecule has 5 rings (SSSR count). The first kappa shape index (κ1) is 17.9. The minimum absolute atomic E-state index is 0.0896. The van der Waals surface area contributed by atoms with Gasteiger partial charge < -0.3 is 14.5 Å². The van der Waals surface area contributed by atoms with Crippen molar-refractivity contribution in [1.29, 1.82) is 0 Å². The molecule has 2 aromatic carbocycles. The molecule has 1 N–H and O–H groups in total. The molecule has 0 unspecified atom stereocenters. The van der Waals surface area contributed by atoms with Gasteiger partial charge in [-0.25, -0.2) is 9.78 Å². The van der Waals surface area contributed by atoms with Gasteiger partial charge in [-0.3, -0.25) is 4.79 Å². The number of rotatable bonds is 5. The first-order valence-electron chi connectivity index (χ1n) is 9.48. The number of carbonyl (C=O) groups excluding carboxylic acids is 1. The molecule has 7 heteroatoms. The fourth-order valence-corrected chi connectivity index (χ4v) is 4.99. The van der Waals surface area contributed by atoms with Crippen LogP contribution in [0.4, 0.5) is 0 Å². The maximum atomic E-state index is 12.4. The molecule has 0 spiro atoms. The molecule has 2 heterocycles. The average Bonchev–Trinajstić information content (AvgIpc) is 3.31. The average molecular weight is 406 g/mol. The molecule has 4 aromatic rings. The van der Waals surface area contributed by atoms with Crippen molar-refractivity contribution < 1.29 is 14.3 Å². The van der Waals surface area contributed by atoms with E-state index < -0.39 is 5.97 Å². The number of nitrogens with one attached hydrogen (secondary N) is 1. The Labute approximate surface area is 170 Å². The number of carbonyl (C=O) groups is 1. The van der Waals surface area contributed by atoms with Crippen molar-refractivity contribution >= 4 is 38.3 Å². The molecule has 29 heavy (non-hydrogen) atoms. The van der Waals surface area contributed by atoms with Gasteiger partial charge >= 0.3 is 5.97 Å². The van der Waals surface area contributed by atoms with Gasteiger partial charge in [-0.1, -0.05) is 30.3 Å².